The fourth-order valence-corrected chi connectivity index (χ4v) is 4.28. The van der Waals surface area contributed by atoms with Crippen LogP contribution in [-0.4, -0.2) is 35.4 Å². The van der Waals surface area contributed by atoms with E-state index in [1.807, 2.05) is 35.2 Å². The predicted octanol–water partition coefficient (Wildman–Crippen LogP) is 4.25. The van der Waals surface area contributed by atoms with Crippen LogP contribution >= 0.6 is 11.3 Å². The lowest BCUT2D eigenvalue weighted by Gasteiger charge is -2.29. The highest BCUT2D eigenvalue weighted by molar-refractivity contribution is 7.21. The summed E-state index contributed by atoms with van der Waals surface area (Å²) in [4.78, 5) is 11.2. The third-order valence-electron chi connectivity index (χ3n) is 4.74. The largest absolute Gasteiger partial charge is 0.404 e. The van der Waals surface area contributed by atoms with Gasteiger partial charge in [0.15, 0.2) is 0 Å². The molecule has 1 aliphatic rings. The van der Waals surface area contributed by atoms with Crippen LogP contribution in [0.5, 0.6) is 0 Å². The van der Waals surface area contributed by atoms with Gasteiger partial charge in [-0.25, -0.2) is 14.4 Å². The van der Waals surface area contributed by atoms with Gasteiger partial charge in [-0.05, 0) is 42.7 Å². The van der Waals surface area contributed by atoms with Gasteiger partial charge in [0.05, 0.1) is 16.8 Å². The van der Waals surface area contributed by atoms with Gasteiger partial charge in [0.1, 0.15) is 17.0 Å². The molecular weight excluding hydrogens is 361 g/mol. The molecule has 0 aliphatic carbocycles. The molecule has 138 valence electrons. The van der Waals surface area contributed by atoms with E-state index in [-0.39, 0.29) is 0 Å². The first-order valence-electron chi connectivity index (χ1n) is 8.86. The SMILES string of the molecule is N=C/C(=C\N)c1ccc2nc(-c3ccc(N4CCCC(F)C4)nc3)sc2c1. The van der Waals surface area contributed by atoms with Crippen molar-refractivity contribution in [1.29, 1.82) is 5.41 Å². The number of fused-ring (bicyclic) bond motifs is 1. The Hall–Kier alpha value is -2.80. The molecule has 0 bridgehead atoms. The van der Waals surface area contributed by atoms with E-state index in [4.69, 9.17) is 11.1 Å². The van der Waals surface area contributed by atoms with Crippen LogP contribution in [0.3, 0.4) is 0 Å². The molecule has 2 aromatic heterocycles. The topological polar surface area (TPSA) is 78.9 Å². The molecule has 3 aromatic rings. The number of alkyl halides is 1. The normalized spacial score (nSPS) is 18.0. The molecule has 0 amide bonds. The van der Waals surface area contributed by atoms with Crippen LogP contribution in [0.15, 0.2) is 42.7 Å². The first-order chi connectivity index (χ1) is 13.2. The van der Waals surface area contributed by atoms with Crippen molar-refractivity contribution < 1.29 is 4.39 Å². The van der Waals surface area contributed by atoms with E-state index >= 15 is 0 Å². The van der Waals surface area contributed by atoms with Gasteiger partial charge in [0, 0.05) is 36.3 Å². The number of nitrogens with one attached hydrogen (secondary N) is 1. The van der Waals surface area contributed by atoms with E-state index in [1.54, 1.807) is 17.5 Å². The molecule has 1 atom stereocenters. The van der Waals surface area contributed by atoms with Crippen molar-refractivity contribution in [2.75, 3.05) is 18.0 Å². The number of allylic oxidation sites excluding steroid dienone is 1. The van der Waals surface area contributed by atoms with Crippen LogP contribution in [0.2, 0.25) is 0 Å². The van der Waals surface area contributed by atoms with E-state index < -0.39 is 6.17 Å². The maximum atomic E-state index is 13.6. The summed E-state index contributed by atoms with van der Waals surface area (Å²) in [6.45, 7) is 1.26. The van der Waals surface area contributed by atoms with Gasteiger partial charge in [-0.3, -0.25) is 0 Å². The number of benzene rings is 1. The van der Waals surface area contributed by atoms with Gasteiger partial charge in [-0.15, -0.1) is 11.3 Å². The minimum absolute atomic E-state index is 0.417. The smallest absolute Gasteiger partial charge is 0.128 e. The van der Waals surface area contributed by atoms with E-state index in [0.29, 0.717) is 18.5 Å². The van der Waals surface area contributed by atoms with Crippen LogP contribution in [0, 0.1) is 5.41 Å². The highest BCUT2D eigenvalue weighted by Gasteiger charge is 2.20. The summed E-state index contributed by atoms with van der Waals surface area (Å²) in [6.07, 6.45) is 5.21. The van der Waals surface area contributed by atoms with E-state index in [2.05, 4.69) is 9.97 Å². The van der Waals surface area contributed by atoms with Crippen LogP contribution in [0.1, 0.15) is 18.4 Å². The number of hydrogen-bond donors (Lipinski definition) is 2. The Bertz CT molecular complexity index is 995. The van der Waals surface area contributed by atoms with Gasteiger partial charge in [0.2, 0.25) is 0 Å². The molecule has 0 radical (unpaired) electrons. The average Bonchev–Trinajstić information content (AvgIpc) is 3.13. The lowest BCUT2D eigenvalue weighted by atomic mass is 10.1. The summed E-state index contributed by atoms with van der Waals surface area (Å²) in [6, 6.07) is 9.78. The molecular formula is C20H20FN5S. The number of aromatic nitrogens is 2. The third kappa shape index (κ3) is 3.55. The lowest BCUT2D eigenvalue weighted by molar-refractivity contribution is 0.286. The second-order valence-corrected chi connectivity index (χ2v) is 7.59. The molecule has 1 saturated heterocycles. The number of nitrogens with zero attached hydrogens (tertiary/aromatic N) is 3. The minimum Gasteiger partial charge on any atom is -0.404 e. The van der Waals surface area contributed by atoms with Crippen molar-refractivity contribution in [3.63, 3.8) is 0 Å². The summed E-state index contributed by atoms with van der Waals surface area (Å²) in [5, 5.41) is 8.33. The Balaban J connectivity index is 1.61. The molecule has 5 nitrogen and oxygen atoms in total. The van der Waals surface area contributed by atoms with Crippen molar-refractivity contribution in [2.24, 2.45) is 5.73 Å². The molecule has 3 heterocycles. The summed E-state index contributed by atoms with van der Waals surface area (Å²) in [5.41, 5.74) is 8.99. The van der Waals surface area contributed by atoms with Crippen molar-refractivity contribution in [1.82, 2.24) is 9.97 Å². The maximum Gasteiger partial charge on any atom is 0.128 e. The summed E-state index contributed by atoms with van der Waals surface area (Å²) < 4.78 is 14.7. The van der Waals surface area contributed by atoms with Crippen molar-refractivity contribution in [3.8, 4) is 10.6 Å². The number of hydrogen-bond acceptors (Lipinski definition) is 6. The predicted molar refractivity (Wildman–Crippen MR) is 110 cm³/mol. The Kier molecular flexibility index (Phi) is 4.85. The number of rotatable bonds is 4. The third-order valence-corrected chi connectivity index (χ3v) is 5.81. The molecule has 0 saturated carbocycles. The zero-order chi connectivity index (χ0) is 18.8. The van der Waals surface area contributed by atoms with Crippen LogP contribution < -0.4 is 10.6 Å². The van der Waals surface area contributed by atoms with Crippen LogP contribution in [-0.2, 0) is 0 Å². The number of halogens is 1. The standard InChI is InChI=1S/C20H20FN5S/c21-16-2-1-7-26(12-16)19-6-4-14(11-24-19)20-25-17-5-3-13(8-18(17)27-20)15(9-22)10-23/h3-6,8-11,16,22H,1-2,7,12,23H2/b15-10+,22-9?. The quantitative estimate of drug-likeness (QED) is 0.663. The molecule has 1 fully saturated rings. The maximum absolute atomic E-state index is 13.6. The Morgan fingerprint density at radius 2 is 2.22 bits per heavy atom. The molecule has 27 heavy (non-hydrogen) atoms. The summed E-state index contributed by atoms with van der Waals surface area (Å²) in [7, 11) is 0. The van der Waals surface area contributed by atoms with Crippen LogP contribution in [0.25, 0.3) is 26.4 Å². The van der Waals surface area contributed by atoms with Gasteiger partial charge in [0.25, 0.3) is 0 Å². The van der Waals surface area contributed by atoms with E-state index in [9.17, 15) is 4.39 Å². The second-order valence-electron chi connectivity index (χ2n) is 6.56. The van der Waals surface area contributed by atoms with Crippen molar-refractivity contribution in [2.45, 2.75) is 19.0 Å². The number of pyridine rings is 1. The molecule has 1 aromatic carbocycles. The van der Waals surface area contributed by atoms with Gasteiger partial charge in [-0.1, -0.05) is 6.07 Å². The molecule has 4 rings (SSSR count). The van der Waals surface area contributed by atoms with E-state index in [0.717, 1.165) is 45.1 Å². The Morgan fingerprint density at radius 3 is 2.93 bits per heavy atom. The number of thiazole rings is 1. The molecule has 3 N–H and O–H groups in total. The zero-order valence-electron chi connectivity index (χ0n) is 14.7. The highest BCUT2D eigenvalue weighted by atomic mass is 32.1. The monoisotopic (exact) mass is 381 g/mol. The van der Waals surface area contributed by atoms with Gasteiger partial charge in [-0.2, -0.15) is 0 Å². The number of piperidine rings is 1. The summed E-state index contributed by atoms with van der Waals surface area (Å²) in [5.74, 6) is 0.813. The minimum atomic E-state index is -0.771. The molecule has 7 heteroatoms. The van der Waals surface area contributed by atoms with E-state index in [1.165, 1.54) is 12.4 Å². The van der Waals surface area contributed by atoms with Crippen molar-refractivity contribution in [3.05, 3.63) is 48.3 Å². The number of nitrogens with two attached hydrogens (primary N) is 1. The summed E-state index contributed by atoms with van der Waals surface area (Å²) >= 11 is 1.58. The molecule has 1 aliphatic heterocycles. The van der Waals surface area contributed by atoms with Crippen molar-refractivity contribution >= 4 is 39.2 Å². The van der Waals surface area contributed by atoms with Gasteiger partial charge >= 0.3 is 0 Å². The zero-order valence-corrected chi connectivity index (χ0v) is 15.5. The van der Waals surface area contributed by atoms with Gasteiger partial charge < -0.3 is 16.0 Å². The fraction of sp³-hybridized carbons (Fsp3) is 0.250. The first kappa shape index (κ1) is 17.6. The van der Waals surface area contributed by atoms with Crippen LogP contribution in [0.4, 0.5) is 10.2 Å². The second kappa shape index (κ2) is 7.44. The highest BCUT2D eigenvalue weighted by Crippen LogP contribution is 2.32. The average molecular weight is 381 g/mol. The Labute approximate surface area is 160 Å². The lowest BCUT2D eigenvalue weighted by Crippen LogP contribution is -2.36. The number of anilines is 1. The molecule has 1 unspecified atom stereocenters. The Morgan fingerprint density at radius 1 is 1.33 bits per heavy atom. The first-order valence-corrected chi connectivity index (χ1v) is 9.68. The molecule has 0 spiro atoms. The fourth-order valence-electron chi connectivity index (χ4n) is 3.29.